The number of carbonyl (C=O) groups excluding carboxylic acids is 1. The van der Waals surface area contributed by atoms with Crippen molar-refractivity contribution in [2.45, 2.75) is 25.8 Å². The van der Waals surface area contributed by atoms with Crippen molar-refractivity contribution in [2.24, 2.45) is 5.73 Å². The number of nitrogens with two attached hydrogens (primary N) is 1. The molecule has 0 aliphatic carbocycles. The second kappa shape index (κ2) is 6.21. The second-order valence-corrected chi connectivity index (χ2v) is 4.63. The predicted molar refractivity (Wildman–Crippen MR) is 78.4 cm³/mol. The molecule has 20 heavy (non-hydrogen) atoms. The van der Waals surface area contributed by atoms with E-state index in [9.17, 15) is 9.59 Å². The number of H-pyrrole nitrogens is 2. The summed E-state index contributed by atoms with van der Waals surface area (Å²) < 4.78 is 0. The van der Waals surface area contributed by atoms with Crippen LogP contribution in [0.5, 0.6) is 0 Å². The molecule has 0 bridgehead atoms. The van der Waals surface area contributed by atoms with Crippen molar-refractivity contribution < 1.29 is 4.79 Å². The Morgan fingerprint density at radius 2 is 2.00 bits per heavy atom. The second-order valence-electron chi connectivity index (χ2n) is 4.63. The molecule has 0 radical (unpaired) electrons. The summed E-state index contributed by atoms with van der Waals surface area (Å²) in [5.74, 6) is -0.186. The van der Waals surface area contributed by atoms with Crippen molar-refractivity contribution in [1.82, 2.24) is 10.2 Å². The lowest BCUT2D eigenvalue weighted by Crippen LogP contribution is -2.35. The van der Waals surface area contributed by atoms with E-state index in [-0.39, 0.29) is 11.5 Å². The fourth-order valence-electron chi connectivity index (χ4n) is 1.90. The Hall–Kier alpha value is -2.34. The molecule has 0 spiro atoms. The van der Waals surface area contributed by atoms with E-state index in [2.05, 4.69) is 15.5 Å². The SMILES string of the molecule is CCCC(N)C(=O)Nc1ccc(-c2cc(=O)[nH][nH]2)cc1. The van der Waals surface area contributed by atoms with Crippen LogP contribution < -0.4 is 16.6 Å². The van der Waals surface area contributed by atoms with E-state index in [0.29, 0.717) is 17.8 Å². The maximum atomic E-state index is 11.8. The van der Waals surface area contributed by atoms with Crippen molar-refractivity contribution in [1.29, 1.82) is 0 Å². The number of amides is 1. The van der Waals surface area contributed by atoms with Gasteiger partial charge in [-0.25, -0.2) is 0 Å². The Labute approximate surface area is 116 Å². The molecule has 0 saturated heterocycles. The van der Waals surface area contributed by atoms with Gasteiger partial charge in [0.05, 0.1) is 11.7 Å². The van der Waals surface area contributed by atoms with Crippen LogP contribution in [-0.4, -0.2) is 22.1 Å². The molecule has 5 N–H and O–H groups in total. The zero-order valence-electron chi connectivity index (χ0n) is 11.3. The zero-order chi connectivity index (χ0) is 14.5. The summed E-state index contributed by atoms with van der Waals surface area (Å²) >= 11 is 0. The third-order valence-corrected chi connectivity index (χ3v) is 3.00. The van der Waals surface area contributed by atoms with Crippen LogP contribution in [0.15, 0.2) is 35.1 Å². The molecule has 6 heteroatoms. The largest absolute Gasteiger partial charge is 0.325 e. The first-order valence-electron chi connectivity index (χ1n) is 6.54. The van der Waals surface area contributed by atoms with Crippen molar-refractivity contribution in [2.75, 3.05) is 5.32 Å². The van der Waals surface area contributed by atoms with Crippen LogP contribution in [0.3, 0.4) is 0 Å². The van der Waals surface area contributed by atoms with Crippen LogP contribution in [0.4, 0.5) is 5.69 Å². The third-order valence-electron chi connectivity index (χ3n) is 3.00. The summed E-state index contributed by atoms with van der Waals surface area (Å²) in [6, 6.07) is 8.18. The van der Waals surface area contributed by atoms with Gasteiger partial charge in [-0.15, -0.1) is 0 Å². The Morgan fingerprint density at radius 1 is 1.30 bits per heavy atom. The van der Waals surface area contributed by atoms with Gasteiger partial charge < -0.3 is 11.1 Å². The highest BCUT2D eigenvalue weighted by Crippen LogP contribution is 2.18. The Kier molecular flexibility index (Phi) is 4.37. The molecule has 0 fully saturated rings. The minimum atomic E-state index is -0.485. The predicted octanol–water partition coefficient (Wildman–Crippen LogP) is 1.44. The van der Waals surface area contributed by atoms with Crippen molar-refractivity contribution in [3.8, 4) is 11.3 Å². The van der Waals surface area contributed by atoms with Crippen LogP contribution >= 0.6 is 0 Å². The normalized spacial score (nSPS) is 12.1. The molecule has 0 aliphatic heterocycles. The van der Waals surface area contributed by atoms with Gasteiger partial charge in [-0.2, -0.15) is 0 Å². The minimum Gasteiger partial charge on any atom is -0.325 e. The van der Waals surface area contributed by atoms with Gasteiger partial charge in [0.15, 0.2) is 0 Å². The van der Waals surface area contributed by atoms with Crippen LogP contribution in [0.25, 0.3) is 11.3 Å². The highest BCUT2D eigenvalue weighted by atomic mass is 16.2. The van der Waals surface area contributed by atoms with Gasteiger partial charge >= 0.3 is 0 Å². The number of hydrogen-bond donors (Lipinski definition) is 4. The quantitative estimate of drug-likeness (QED) is 0.663. The number of carbonyl (C=O) groups is 1. The van der Waals surface area contributed by atoms with Crippen LogP contribution in [0.2, 0.25) is 0 Å². The standard InChI is InChI=1S/C14H18N4O2/c1-2-3-11(15)14(20)16-10-6-4-9(5-7-10)12-8-13(19)18-17-12/h4-8,11H,2-3,15H2,1H3,(H,16,20)(H2,17,18,19). The number of nitrogens with one attached hydrogen (secondary N) is 3. The van der Waals surface area contributed by atoms with E-state index in [0.717, 1.165) is 12.0 Å². The lowest BCUT2D eigenvalue weighted by atomic mass is 10.1. The maximum absolute atomic E-state index is 11.8. The summed E-state index contributed by atoms with van der Waals surface area (Å²) in [4.78, 5) is 22.8. The minimum absolute atomic E-state index is 0.178. The molecular formula is C14H18N4O2. The number of anilines is 1. The molecule has 0 saturated carbocycles. The smallest absolute Gasteiger partial charge is 0.264 e. The lowest BCUT2D eigenvalue weighted by molar-refractivity contribution is -0.117. The maximum Gasteiger partial charge on any atom is 0.264 e. The number of aromatic nitrogens is 2. The molecule has 6 nitrogen and oxygen atoms in total. The van der Waals surface area contributed by atoms with E-state index in [4.69, 9.17) is 5.73 Å². The highest BCUT2D eigenvalue weighted by Gasteiger charge is 2.12. The molecule has 1 aromatic carbocycles. The molecule has 1 heterocycles. The summed E-state index contributed by atoms with van der Waals surface area (Å²) in [7, 11) is 0. The highest BCUT2D eigenvalue weighted by molar-refractivity contribution is 5.94. The van der Waals surface area contributed by atoms with Crippen LogP contribution in [-0.2, 0) is 4.79 Å². The third kappa shape index (κ3) is 3.36. The molecule has 2 aromatic rings. The molecular weight excluding hydrogens is 256 g/mol. The average molecular weight is 274 g/mol. The van der Waals surface area contributed by atoms with Gasteiger partial charge in [-0.3, -0.25) is 19.8 Å². The Bertz CT molecular complexity index is 627. The summed E-state index contributed by atoms with van der Waals surface area (Å²) in [6.07, 6.45) is 1.53. The molecule has 2 rings (SSSR count). The monoisotopic (exact) mass is 274 g/mol. The van der Waals surface area contributed by atoms with Gasteiger partial charge in [0.25, 0.3) is 5.56 Å². The first-order valence-corrected chi connectivity index (χ1v) is 6.54. The van der Waals surface area contributed by atoms with Gasteiger partial charge in [-0.05, 0) is 24.1 Å². The topological polar surface area (TPSA) is 104 Å². The van der Waals surface area contributed by atoms with Crippen LogP contribution in [0, 0.1) is 0 Å². The van der Waals surface area contributed by atoms with Crippen molar-refractivity contribution in [3.05, 3.63) is 40.7 Å². The molecule has 1 aromatic heterocycles. The van der Waals surface area contributed by atoms with Gasteiger partial charge in [0.2, 0.25) is 5.91 Å². The average Bonchev–Trinajstić information content (AvgIpc) is 2.86. The molecule has 1 unspecified atom stereocenters. The molecule has 106 valence electrons. The first-order chi connectivity index (χ1) is 9.60. The van der Waals surface area contributed by atoms with E-state index < -0.39 is 6.04 Å². The number of rotatable bonds is 5. The van der Waals surface area contributed by atoms with Crippen molar-refractivity contribution in [3.63, 3.8) is 0 Å². The van der Waals surface area contributed by atoms with Gasteiger partial charge in [-0.1, -0.05) is 25.5 Å². The Balaban J connectivity index is 2.05. The molecule has 1 atom stereocenters. The van der Waals surface area contributed by atoms with E-state index in [1.165, 1.54) is 6.07 Å². The van der Waals surface area contributed by atoms with Crippen molar-refractivity contribution >= 4 is 11.6 Å². The van der Waals surface area contributed by atoms with Crippen LogP contribution in [0.1, 0.15) is 19.8 Å². The Morgan fingerprint density at radius 3 is 2.55 bits per heavy atom. The van der Waals surface area contributed by atoms with Gasteiger partial charge in [0.1, 0.15) is 0 Å². The molecule has 1 amide bonds. The lowest BCUT2D eigenvalue weighted by Gasteiger charge is -2.11. The fourth-order valence-corrected chi connectivity index (χ4v) is 1.90. The zero-order valence-corrected chi connectivity index (χ0v) is 11.3. The number of hydrogen-bond acceptors (Lipinski definition) is 3. The summed E-state index contributed by atoms with van der Waals surface area (Å²) in [5, 5.41) is 8.01. The first kappa shape index (κ1) is 14.1. The van der Waals surface area contributed by atoms with E-state index >= 15 is 0 Å². The van der Waals surface area contributed by atoms with E-state index in [1.54, 1.807) is 12.1 Å². The molecule has 0 aliphatic rings. The summed E-state index contributed by atoms with van der Waals surface area (Å²) in [5.41, 5.74) is 7.81. The summed E-state index contributed by atoms with van der Waals surface area (Å²) in [6.45, 7) is 1.99. The van der Waals surface area contributed by atoms with E-state index in [1.807, 2.05) is 19.1 Å². The number of benzene rings is 1. The van der Waals surface area contributed by atoms with Gasteiger partial charge in [0, 0.05) is 11.8 Å². The fraction of sp³-hybridized carbons (Fsp3) is 0.286. The number of aromatic amines is 2.